The van der Waals surface area contributed by atoms with Crippen molar-refractivity contribution >= 4 is 29.9 Å². The summed E-state index contributed by atoms with van der Waals surface area (Å²) in [5, 5.41) is 7.09. The van der Waals surface area contributed by atoms with Crippen LogP contribution in [0.2, 0.25) is 0 Å². The highest BCUT2D eigenvalue weighted by Gasteiger charge is 2.19. The maximum Gasteiger partial charge on any atom is 0.191 e. The molecule has 27 heavy (non-hydrogen) atoms. The Balaban J connectivity index is 0.00000364. The van der Waals surface area contributed by atoms with Gasteiger partial charge in [-0.3, -0.25) is 4.99 Å². The van der Waals surface area contributed by atoms with E-state index in [0.717, 1.165) is 44.5 Å². The van der Waals surface area contributed by atoms with Crippen LogP contribution in [0.5, 0.6) is 0 Å². The standard InChI is InChI=1S/C21H42N4O.HI/c1-3-22-21(23-14-7-6-11-19-9-4-5-10-19)24-20-12-16-25(17-13-20)15-8-18-26-2;/h19-20H,3-18H2,1-2H3,(H2,22,23,24);1H. The van der Waals surface area contributed by atoms with Crippen LogP contribution in [0, 0.1) is 5.92 Å². The molecular weight excluding hydrogens is 451 g/mol. The molecule has 1 saturated heterocycles. The van der Waals surface area contributed by atoms with Crippen LogP contribution in [0.3, 0.4) is 0 Å². The summed E-state index contributed by atoms with van der Waals surface area (Å²) in [6.45, 7) is 8.44. The van der Waals surface area contributed by atoms with Crippen LogP contribution in [0.4, 0.5) is 0 Å². The molecule has 1 aliphatic heterocycles. The van der Waals surface area contributed by atoms with Gasteiger partial charge in [0.1, 0.15) is 0 Å². The van der Waals surface area contributed by atoms with Crippen LogP contribution in [-0.4, -0.2) is 63.3 Å². The highest BCUT2D eigenvalue weighted by Crippen LogP contribution is 2.28. The molecule has 0 amide bonds. The number of nitrogens with zero attached hydrogens (tertiary/aromatic N) is 2. The zero-order chi connectivity index (χ0) is 18.5. The Morgan fingerprint density at radius 2 is 1.81 bits per heavy atom. The number of piperidine rings is 1. The maximum atomic E-state index is 5.15. The Kier molecular flexibility index (Phi) is 14.6. The average molecular weight is 495 g/mol. The van der Waals surface area contributed by atoms with E-state index in [1.807, 2.05) is 0 Å². The lowest BCUT2D eigenvalue weighted by Crippen LogP contribution is -2.48. The van der Waals surface area contributed by atoms with Gasteiger partial charge in [0, 0.05) is 52.5 Å². The summed E-state index contributed by atoms with van der Waals surface area (Å²) in [6, 6.07) is 0.560. The summed E-state index contributed by atoms with van der Waals surface area (Å²) < 4.78 is 5.15. The van der Waals surface area contributed by atoms with Gasteiger partial charge in [-0.15, -0.1) is 24.0 Å². The molecular formula is C21H43IN4O. The van der Waals surface area contributed by atoms with Crippen LogP contribution in [-0.2, 0) is 4.74 Å². The Bertz CT molecular complexity index is 380. The van der Waals surface area contributed by atoms with E-state index < -0.39 is 0 Å². The number of likely N-dealkylation sites (tertiary alicyclic amines) is 1. The third-order valence-corrected chi connectivity index (χ3v) is 5.86. The van der Waals surface area contributed by atoms with Crippen molar-refractivity contribution in [3.8, 4) is 0 Å². The Morgan fingerprint density at radius 1 is 1.07 bits per heavy atom. The molecule has 6 heteroatoms. The molecule has 1 saturated carbocycles. The summed E-state index contributed by atoms with van der Waals surface area (Å²) >= 11 is 0. The molecule has 2 aliphatic rings. The van der Waals surface area contributed by atoms with E-state index in [1.54, 1.807) is 7.11 Å². The van der Waals surface area contributed by atoms with E-state index in [4.69, 9.17) is 9.73 Å². The first kappa shape index (κ1) is 25.0. The van der Waals surface area contributed by atoms with Gasteiger partial charge in [-0.25, -0.2) is 0 Å². The number of hydrogen-bond donors (Lipinski definition) is 2. The molecule has 0 aromatic rings. The van der Waals surface area contributed by atoms with Crippen LogP contribution >= 0.6 is 24.0 Å². The first-order chi connectivity index (χ1) is 12.8. The molecule has 0 aromatic carbocycles. The van der Waals surface area contributed by atoms with Crippen molar-refractivity contribution < 1.29 is 4.74 Å². The van der Waals surface area contributed by atoms with Gasteiger partial charge >= 0.3 is 0 Å². The second kappa shape index (κ2) is 15.8. The van der Waals surface area contributed by atoms with Crippen molar-refractivity contribution in [1.29, 1.82) is 0 Å². The topological polar surface area (TPSA) is 48.9 Å². The molecule has 0 radical (unpaired) electrons. The van der Waals surface area contributed by atoms with Crippen molar-refractivity contribution in [1.82, 2.24) is 15.5 Å². The predicted molar refractivity (Wildman–Crippen MR) is 126 cm³/mol. The summed E-state index contributed by atoms with van der Waals surface area (Å²) in [6.07, 6.45) is 13.4. The van der Waals surface area contributed by atoms with Crippen LogP contribution in [0.1, 0.15) is 71.1 Å². The summed E-state index contributed by atoms with van der Waals surface area (Å²) in [7, 11) is 1.78. The fourth-order valence-electron chi connectivity index (χ4n) is 4.28. The summed E-state index contributed by atoms with van der Waals surface area (Å²) in [5.74, 6) is 2.03. The molecule has 1 heterocycles. The minimum Gasteiger partial charge on any atom is -0.385 e. The zero-order valence-electron chi connectivity index (χ0n) is 17.7. The minimum atomic E-state index is 0. The van der Waals surface area contributed by atoms with Gasteiger partial charge in [-0.05, 0) is 38.5 Å². The van der Waals surface area contributed by atoms with E-state index in [0.29, 0.717) is 6.04 Å². The van der Waals surface area contributed by atoms with Gasteiger partial charge in [0.25, 0.3) is 0 Å². The average Bonchev–Trinajstić information content (AvgIpc) is 3.17. The van der Waals surface area contributed by atoms with E-state index in [-0.39, 0.29) is 24.0 Å². The quantitative estimate of drug-likeness (QED) is 0.197. The van der Waals surface area contributed by atoms with E-state index in [2.05, 4.69) is 22.5 Å². The van der Waals surface area contributed by atoms with Gasteiger partial charge in [0.05, 0.1) is 0 Å². The van der Waals surface area contributed by atoms with Crippen molar-refractivity contribution in [2.24, 2.45) is 10.9 Å². The van der Waals surface area contributed by atoms with E-state index in [9.17, 15) is 0 Å². The lowest BCUT2D eigenvalue weighted by Gasteiger charge is -2.33. The number of halogens is 1. The first-order valence-corrected chi connectivity index (χ1v) is 11.1. The van der Waals surface area contributed by atoms with Crippen molar-refractivity contribution in [2.75, 3.05) is 46.4 Å². The number of ether oxygens (including phenoxy) is 1. The van der Waals surface area contributed by atoms with E-state index >= 15 is 0 Å². The summed E-state index contributed by atoms with van der Waals surface area (Å²) in [5.41, 5.74) is 0. The molecule has 1 aliphatic carbocycles. The van der Waals surface area contributed by atoms with E-state index in [1.165, 1.54) is 70.9 Å². The number of hydrogen-bond acceptors (Lipinski definition) is 3. The number of nitrogens with one attached hydrogen (secondary N) is 2. The Labute approximate surface area is 184 Å². The van der Waals surface area contributed by atoms with Crippen LogP contribution in [0.15, 0.2) is 4.99 Å². The van der Waals surface area contributed by atoms with Gasteiger partial charge < -0.3 is 20.3 Å². The molecule has 160 valence electrons. The fourth-order valence-corrected chi connectivity index (χ4v) is 4.28. The highest BCUT2D eigenvalue weighted by molar-refractivity contribution is 14.0. The number of guanidine groups is 1. The zero-order valence-corrected chi connectivity index (χ0v) is 20.0. The molecule has 2 N–H and O–H groups in total. The smallest absolute Gasteiger partial charge is 0.191 e. The van der Waals surface area contributed by atoms with Gasteiger partial charge in [-0.1, -0.05) is 38.5 Å². The fraction of sp³-hybridized carbons (Fsp3) is 0.952. The van der Waals surface area contributed by atoms with Crippen molar-refractivity contribution in [2.45, 2.75) is 77.2 Å². The van der Waals surface area contributed by atoms with Crippen LogP contribution in [0.25, 0.3) is 0 Å². The maximum absolute atomic E-state index is 5.15. The first-order valence-electron chi connectivity index (χ1n) is 11.1. The molecule has 0 spiro atoms. The number of aliphatic imine (C=N–C) groups is 1. The molecule has 0 aromatic heterocycles. The minimum absolute atomic E-state index is 0. The number of rotatable bonds is 11. The predicted octanol–water partition coefficient (Wildman–Crippen LogP) is 4.02. The SMILES string of the molecule is CCNC(=NCCCCC1CCCC1)NC1CCN(CCCOC)CC1.I. The molecule has 0 atom stereocenters. The monoisotopic (exact) mass is 494 g/mol. The Hall–Kier alpha value is -0.0800. The normalized spacial score (nSPS) is 19.9. The number of unbranched alkanes of at least 4 members (excludes halogenated alkanes) is 1. The molecule has 2 fully saturated rings. The second-order valence-corrected chi connectivity index (χ2v) is 8.01. The third kappa shape index (κ3) is 10.9. The Morgan fingerprint density at radius 3 is 2.48 bits per heavy atom. The molecule has 2 rings (SSSR count). The molecule has 5 nitrogen and oxygen atoms in total. The van der Waals surface area contributed by atoms with Gasteiger partial charge in [0.15, 0.2) is 5.96 Å². The van der Waals surface area contributed by atoms with Gasteiger partial charge in [-0.2, -0.15) is 0 Å². The van der Waals surface area contributed by atoms with Crippen molar-refractivity contribution in [3.63, 3.8) is 0 Å². The lowest BCUT2D eigenvalue weighted by molar-refractivity contribution is 0.155. The second-order valence-electron chi connectivity index (χ2n) is 8.01. The van der Waals surface area contributed by atoms with Gasteiger partial charge in [0.2, 0.25) is 0 Å². The number of methoxy groups -OCH3 is 1. The molecule has 0 bridgehead atoms. The third-order valence-electron chi connectivity index (χ3n) is 5.86. The van der Waals surface area contributed by atoms with Crippen molar-refractivity contribution in [3.05, 3.63) is 0 Å². The largest absolute Gasteiger partial charge is 0.385 e. The summed E-state index contributed by atoms with van der Waals surface area (Å²) in [4.78, 5) is 7.38. The molecule has 0 unspecified atom stereocenters. The van der Waals surface area contributed by atoms with Crippen LogP contribution < -0.4 is 10.6 Å². The highest BCUT2D eigenvalue weighted by atomic mass is 127. The lowest BCUT2D eigenvalue weighted by atomic mass is 10.0.